The number of aliphatic hydroxyl groups is 1. The first-order valence-corrected chi connectivity index (χ1v) is 9.25. The van der Waals surface area contributed by atoms with Crippen molar-refractivity contribution in [1.29, 1.82) is 0 Å². The molecule has 1 unspecified atom stereocenters. The Morgan fingerprint density at radius 2 is 1.43 bits per heavy atom. The van der Waals surface area contributed by atoms with Gasteiger partial charge >= 0.3 is 12.4 Å². The van der Waals surface area contributed by atoms with E-state index < -0.39 is 58.2 Å². The van der Waals surface area contributed by atoms with Crippen LogP contribution in [0.5, 0.6) is 0 Å². The van der Waals surface area contributed by atoms with Crippen molar-refractivity contribution < 1.29 is 35.8 Å². The van der Waals surface area contributed by atoms with E-state index in [-0.39, 0.29) is 6.07 Å². The second-order valence-electron chi connectivity index (χ2n) is 8.06. The Morgan fingerprint density at radius 3 is 1.90 bits per heavy atom. The molecule has 0 bridgehead atoms. The maximum Gasteiger partial charge on any atom is 0.417 e. The van der Waals surface area contributed by atoms with Gasteiger partial charge in [0.25, 0.3) is 0 Å². The highest BCUT2D eigenvalue weighted by molar-refractivity contribution is 6.30. The molecule has 1 nitrogen and oxygen atoms in total. The minimum atomic E-state index is -5.23. The van der Waals surface area contributed by atoms with E-state index >= 15 is 0 Å². The molecule has 30 heavy (non-hydrogen) atoms. The highest BCUT2D eigenvalue weighted by Gasteiger charge is 2.56. The zero-order chi connectivity index (χ0) is 23.1. The lowest BCUT2D eigenvalue weighted by atomic mass is 9.73. The number of aryl methyl sites for hydroxylation is 1. The molecule has 0 heterocycles. The molecular formula is C21H20ClF7O. The van der Waals surface area contributed by atoms with Crippen LogP contribution in [0.1, 0.15) is 42.5 Å². The summed E-state index contributed by atoms with van der Waals surface area (Å²) in [5.41, 5.74) is -5.71. The monoisotopic (exact) mass is 456 g/mol. The van der Waals surface area contributed by atoms with Gasteiger partial charge in [0.05, 0.1) is 10.6 Å². The van der Waals surface area contributed by atoms with Crippen molar-refractivity contribution in [2.75, 3.05) is 0 Å². The molecule has 0 aromatic heterocycles. The number of hydrogen-bond donors (Lipinski definition) is 1. The van der Waals surface area contributed by atoms with Gasteiger partial charge < -0.3 is 5.11 Å². The molecule has 0 spiro atoms. The average Bonchev–Trinajstić information content (AvgIpc) is 2.56. The molecule has 2 rings (SSSR count). The normalized spacial score (nSPS) is 15.2. The van der Waals surface area contributed by atoms with E-state index in [1.54, 1.807) is 31.2 Å². The van der Waals surface area contributed by atoms with E-state index in [2.05, 4.69) is 0 Å². The van der Waals surface area contributed by atoms with Crippen molar-refractivity contribution >= 4 is 11.6 Å². The second-order valence-corrected chi connectivity index (χ2v) is 8.47. The fourth-order valence-corrected chi connectivity index (χ4v) is 3.59. The number of alkyl halides is 6. The van der Waals surface area contributed by atoms with Crippen LogP contribution in [0.15, 0.2) is 36.4 Å². The SMILES string of the molecule is Cc1ccc(C(C)(C)CC(O)(Cc2cc(C(F)(F)F)cc(Cl)c2F)C(F)(F)F)cc1. The van der Waals surface area contributed by atoms with Gasteiger partial charge in [0.1, 0.15) is 5.82 Å². The minimum absolute atomic E-state index is 0.247. The summed E-state index contributed by atoms with van der Waals surface area (Å²) >= 11 is 5.47. The smallest absolute Gasteiger partial charge is 0.380 e. The van der Waals surface area contributed by atoms with E-state index in [1.807, 2.05) is 0 Å². The van der Waals surface area contributed by atoms with Gasteiger partial charge in [0.15, 0.2) is 5.60 Å². The highest BCUT2D eigenvalue weighted by Crippen LogP contribution is 2.44. The molecule has 0 radical (unpaired) electrons. The van der Waals surface area contributed by atoms with Gasteiger partial charge in [-0.15, -0.1) is 0 Å². The first-order chi connectivity index (χ1) is 13.5. The quantitative estimate of drug-likeness (QED) is 0.480. The zero-order valence-electron chi connectivity index (χ0n) is 16.3. The average molecular weight is 457 g/mol. The van der Waals surface area contributed by atoms with Crippen molar-refractivity contribution in [2.45, 2.75) is 57.0 Å². The summed E-state index contributed by atoms with van der Waals surface area (Å²) in [5, 5.41) is 9.58. The predicted octanol–water partition coefficient (Wildman–Crippen LogP) is 7.01. The van der Waals surface area contributed by atoms with Crippen LogP contribution < -0.4 is 0 Å². The van der Waals surface area contributed by atoms with Crippen molar-refractivity contribution in [2.24, 2.45) is 0 Å². The second kappa shape index (κ2) is 8.04. The zero-order valence-corrected chi connectivity index (χ0v) is 17.1. The minimum Gasteiger partial charge on any atom is -0.380 e. The fraction of sp³-hybridized carbons (Fsp3) is 0.429. The third kappa shape index (κ3) is 5.27. The standard InChI is InChI=1S/C21H20ClF7O/c1-12-4-6-14(7-5-12)18(2,3)11-19(30,21(27,28)29)10-13-8-15(20(24,25)26)9-16(22)17(13)23/h4-9,30H,10-11H2,1-3H3. The molecule has 0 fully saturated rings. The molecule has 0 aliphatic carbocycles. The van der Waals surface area contributed by atoms with Crippen molar-refractivity contribution in [1.82, 2.24) is 0 Å². The first-order valence-electron chi connectivity index (χ1n) is 8.88. The van der Waals surface area contributed by atoms with Gasteiger partial charge in [0.2, 0.25) is 0 Å². The summed E-state index contributed by atoms with van der Waals surface area (Å²) in [4.78, 5) is 0. The lowest BCUT2D eigenvalue weighted by Gasteiger charge is -2.38. The summed E-state index contributed by atoms with van der Waals surface area (Å²) in [7, 11) is 0. The lowest BCUT2D eigenvalue weighted by Crippen LogP contribution is -2.51. The summed E-state index contributed by atoms with van der Waals surface area (Å²) < 4.78 is 94.8. The molecular weight excluding hydrogens is 437 g/mol. The van der Waals surface area contributed by atoms with Crippen LogP contribution in [-0.4, -0.2) is 16.9 Å². The van der Waals surface area contributed by atoms with Crippen LogP contribution >= 0.6 is 11.6 Å². The van der Waals surface area contributed by atoms with Gasteiger partial charge in [-0.1, -0.05) is 55.3 Å². The Balaban J connectivity index is 2.51. The number of benzene rings is 2. The topological polar surface area (TPSA) is 20.2 Å². The van der Waals surface area contributed by atoms with Crippen LogP contribution in [0.3, 0.4) is 0 Å². The Morgan fingerprint density at radius 1 is 0.900 bits per heavy atom. The molecule has 9 heteroatoms. The maximum absolute atomic E-state index is 14.3. The summed E-state index contributed by atoms with van der Waals surface area (Å²) in [6, 6.07) is 7.13. The Bertz CT molecular complexity index is 901. The van der Waals surface area contributed by atoms with Gasteiger partial charge in [0, 0.05) is 6.42 Å². The van der Waals surface area contributed by atoms with E-state index in [0.29, 0.717) is 11.6 Å². The van der Waals surface area contributed by atoms with Crippen LogP contribution in [-0.2, 0) is 18.0 Å². The predicted molar refractivity (Wildman–Crippen MR) is 99.9 cm³/mol. The number of rotatable bonds is 5. The van der Waals surface area contributed by atoms with Gasteiger partial charge in [-0.05, 0) is 42.0 Å². The van der Waals surface area contributed by atoms with Crippen molar-refractivity contribution in [3.63, 3.8) is 0 Å². The van der Waals surface area contributed by atoms with E-state index in [4.69, 9.17) is 11.6 Å². The third-order valence-electron chi connectivity index (χ3n) is 5.01. The van der Waals surface area contributed by atoms with Crippen molar-refractivity contribution in [3.8, 4) is 0 Å². The Kier molecular flexibility index (Phi) is 6.56. The van der Waals surface area contributed by atoms with E-state index in [9.17, 15) is 35.8 Å². The largest absolute Gasteiger partial charge is 0.417 e. The molecule has 2 aromatic carbocycles. The van der Waals surface area contributed by atoms with E-state index in [1.165, 1.54) is 13.8 Å². The summed E-state index contributed by atoms with van der Waals surface area (Å²) in [6.07, 6.45) is -12.5. The number of halogens is 8. The van der Waals surface area contributed by atoms with Gasteiger partial charge in [-0.25, -0.2) is 4.39 Å². The number of hydrogen-bond acceptors (Lipinski definition) is 1. The summed E-state index contributed by atoms with van der Waals surface area (Å²) in [6.45, 7) is 4.72. The van der Waals surface area contributed by atoms with Crippen LogP contribution in [0.25, 0.3) is 0 Å². The molecule has 0 saturated heterocycles. The van der Waals surface area contributed by atoms with Crippen LogP contribution in [0.2, 0.25) is 5.02 Å². The fourth-order valence-electron chi connectivity index (χ4n) is 3.35. The molecule has 0 saturated carbocycles. The molecule has 0 amide bonds. The van der Waals surface area contributed by atoms with E-state index in [0.717, 1.165) is 5.56 Å². The van der Waals surface area contributed by atoms with Gasteiger partial charge in [-0.2, -0.15) is 26.3 Å². The molecule has 2 aromatic rings. The maximum atomic E-state index is 14.3. The Labute approximate surface area is 174 Å². The molecule has 1 N–H and O–H groups in total. The third-order valence-corrected chi connectivity index (χ3v) is 5.28. The molecule has 0 aliphatic rings. The van der Waals surface area contributed by atoms with Gasteiger partial charge in [-0.3, -0.25) is 0 Å². The van der Waals surface area contributed by atoms with Crippen LogP contribution in [0, 0.1) is 12.7 Å². The molecule has 1 atom stereocenters. The molecule has 0 aliphatic heterocycles. The molecule has 166 valence electrons. The van der Waals surface area contributed by atoms with Crippen molar-refractivity contribution in [3.05, 3.63) is 69.5 Å². The summed E-state index contributed by atoms with van der Waals surface area (Å²) in [5.74, 6) is -1.43. The first kappa shape index (κ1) is 24.5. The lowest BCUT2D eigenvalue weighted by molar-refractivity contribution is -0.266. The van der Waals surface area contributed by atoms with Crippen LogP contribution in [0.4, 0.5) is 30.7 Å². The highest BCUT2D eigenvalue weighted by atomic mass is 35.5. The Hall–Kier alpha value is -1.80.